The zero-order valence-electron chi connectivity index (χ0n) is 19.2. The van der Waals surface area contributed by atoms with Crippen molar-refractivity contribution < 1.29 is 14.3 Å². The fourth-order valence-electron chi connectivity index (χ4n) is 4.20. The summed E-state index contributed by atoms with van der Waals surface area (Å²) in [5.41, 5.74) is 10.6. The van der Waals surface area contributed by atoms with E-state index >= 15 is 0 Å². The second kappa shape index (κ2) is 10.9. The Morgan fingerprint density at radius 1 is 1.06 bits per heavy atom. The Hall–Kier alpha value is -3.21. The van der Waals surface area contributed by atoms with Crippen LogP contribution in [0, 0.1) is 5.92 Å². The van der Waals surface area contributed by atoms with Gasteiger partial charge in [-0.05, 0) is 49.1 Å². The molecule has 2 aromatic carbocycles. The molecule has 1 heterocycles. The summed E-state index contributed by atoms with van der Waals surface area (Å²) in [6.45, 7) is 6.32. The minimum absolute atomic E-state index is 0.0290. The minimum atomic E-state index is -0.355. The lowest BCUT2D eigenvalue weighted by atomic mass is 9.87. The number of aliphatic imine (C=N–C) groups is 1. The van der Waals surface area contributed by atoms with E-state index in [2.05, 4.69) is 18.8 Å². The largest absolute Gasteiger partial charge is 0.462 e. The van der Waals surface area contributed by atoms with E-state index in [0.717, 1.165) is 47.9 Å². The van der Waals surface area contributed by atoms with E-state index in [1.54, 1.807) is 13.0 Å². The van der Waals surface area contributed by atoms with Crippen molar-refractivity contribution >= 4 is 29.4 Å². The highest BCUT2D eigenvalue weighted by Gasteiger charge is 2.23. The van der Waals surface area contributed by atoms with Gasteiger partial charge in [0.15, 0.2) is 5.78 Å². The second-order valence-corrected chi connectivity index (χ2v) is 8.13. The maximum atomic E-state index is 13.2. The average Bonchev–Trinajstić information content (AvgIpc) is 2.96. The molecule has 0 radical (unpaired) electrons. The van der Waals surface area contributed by atoms with E-state index < -0.39 is 0 Å². The maximum Gasteiger partial charge on any atom is 0.338 e. The highest BCUT2D eigenvalue weighted by atomic mass is 16.5. The third-order valence-corrected chi connectivity index (χ3v) is 5.69. The summed E-state index contributed by atoms with van der Waals surface area (Å²) < 4.78 is 5.21. The van der Waals surface area contributed by atoms with Crippen LogP contribution in [0.3, 0.4) is 0 Å². The van der Waals surface area contributed by atoms with Gasteiger partial charge in [0.2, 0.25) is 0 Å². The molecule has 5 heteroatoms. The van der Waals surface area contributed by atoms with E-state index in [0.29, 0.717) is 30.1 Å². The average molecular weight is 433 g/mol. The first-order valence-electron chi connectivity index (χ1n) is 11.5. The van der Waals surface area contributed by atoms with E-state index in [9.17, 15) is 9.59 Å². The Kier molecular flexibility index (Phi) is 7.98. The van der Waals surface area contributed by atoms with Crippen LogP contribution in [-0.4, -0.2) is 24.2 Å². The molecule has 3 rings (SSSR count). The lowest BCUT2D eigenvalue weighted by Crippen LogP contribution is -2.21. The highest BCUT2D eigenvalue weighted by molar-refractivity contribution is 6.07. The van der Waals surface area contributed by atoms with Gasteiger partial charge in [0.25, 0.3) is 0 Å². The molecular formula is C27H32N2O3. The standard InChI is InChI=1S/C27H32N2O3/c1-4-9-18(10-5-2)26(30)21-15-20-14-13-19(16-24(20)29-25(28)17-21)22-11-7-8-12-23(22)27(31)32-6-3/h7-8,11-16,18H,4-6,9-10,17H2,1-3H3,(H2,28,29). The SMILES string of the molecule is CCCC(CCC)C(=O)C1=Cc2ccc(-c3ccccc3C(=O)OCC)cc2N=C(N)C1. The molecular weight excluding hydrogens is 400 g/mol. The number of hydrogen-bond donors (Lipinski definition) is 1. The summed E-state index contributed by atoms with van der Waals surface area (Å²) >= 11 is 0. The van der Waals surface area contributed by atoms with E-state index in [4.69, 9.17) is 10.5 Å². The molecule has 1 aliphatic rings. The molecule has 32 heavy (non-hydrogen) atoms. The third kappa shape index (κ3) is 5.34. The number of amidine groups is 1. The molecule has 2 N–H and O–H groups in total. The van der Waals surface area contributed by atoms with Crippen molar-refractivity contribution in [1.29, 1.82) is 0 Å². The molecule has 0 saturated heterocycles. The normalized spacial score (nSPS) is 13.1. The monoisotopic (exact) mass is 432 g/mol. The second-order valence-electron chi connectivity index (χ2n) is 8.13. The first kappa shape index (κ1) is 23.5. The third-order valence-electron chi connectivity index (χ3n) is 5.69. The van der Waals surface area contributed by atoms with Crippen LogP contribution < -0.4 is 5.73 Å². The van der Waals surface area contributed by atoms with Gasteiger partial charge in [-0.1, -0.05) is 57.0 Å². The number of ether oxygens (including phenoxy) is 1. The van der Waals surface area contributed by atoms with Crippen molar-refractivity contribution in [3.8, 4) is 11.1 Å². The maximum absolute atomic E-state index is 13.2. The Bertz CT molecular complexity index is 1050. The van der Waals surface area contributed by atoms with Crippen molar-refractivity contribution in [3.05, 3.63) is 59.2 Å². The molecule has 0 bridgehead atoms. The summed E-state index contributed by atoms with van der Waals surface area (Å²) in [7, 11) is 0. The zero-order chi connectivity index (χ0) is 23.1. The Morgan fingerprint density at radius 2 is 1.78 bits per heavy atom. The molecule has 2 aromatic rings. The number of hydrogen-bond acceptors (Lipinski definition) is 5. The number of ketones is 1. The molecule has 0 aromatic heterocycles. The summed E-state index contributed by atoms with van der Waals surface area (Å²) in [4.78, 5) is 30.2. The summed E-state index contributed by atoms with van der Waals surface area (Å²) in [6, 6.07) is 13.2. The van der Waals surface area contributed by atoms with Crippen LogP contribution >= 0.6 is 0 Å². The van der Waals surface area contributed by atoms with Crippen LogP contribution in [0.5, 0.6) is 0 Å². The number of benzene rings is 2. The Labute approximate surface area is 190 Å². The molecule has 5 nitrogen and oxygen atoms in total. The number of nitrogens with zero attached hydrogens (tertiary/aromatic N) is 1. The number of fused-ring (bicyclic) bond motifs is 1. The van der Waals surface area contributed by atoms with Gasteiger partial charge in [0.05, 0.1) is 17.9 Å². The highest BCUT2D eigenvalue weighted by Crippen LogP contribution is 2.34. The molecule has 168 valence electrons. The van der Waals surface area contributed by atoms with Crippen LogP contribution in [0.1, 0.15) is 68.8 Å². The summed E-state index contributed by atoms with van der Waals surface area (Å²) in [5, 5.41) is 0. The number of rotatable bonds is 9. The number of nitrogens with two attached hydrogens (primary N) is 1. The number of Topliss-reactive ketones (excluding diaryl/α,β-unsaturated/α-hetero) is 1. The van der Waals surface area contributed by atoms with E-state index in [1.165, 1.54) is 0 Å². The van der Waals surface area contributed by atoms with Gasteiger partial charge in [0.1, 0.15) is 5.84 Å². The molecule has 0 fully saturated rings. The Balaban J connectivity index is 2.01. The van der Waals surface area contributed by atoms with Crippen LogP contribution in [0.2, 0.25) is 0 Å². The minimum Gasteiger partial charge on any atom is -0.462 e. The van der Waals surface area contributed by atoms with E-state index in [1.807, 2.05) is 42.5 Å². The fraction of sp³-hybridized carbons (Fsp3) is 0.370. The molecule has 1 aliphatic heterocycles. The van der Waals surface area contributed by atoms with Crippen LogP contribution in [0.25, 0.3) is 17.2 Å². The van der Waals surface area contributed by atoms with Gasteiger partial charge < -0.3 is 10.5 Å². The molecule has 0 atom stereocenters. The van der Waals surface area contributed by atoms with Crippen LogP contribution in [0.15, 0.2) is 53.0 Å². The molecule has 0 saturated carbocycles. The lowest BCUT2D eigenvalue weighted by Gasteiger charge is -2.16. The smallest absolute Gasteiger partial charge is 0.338 e. The first-order chi connectivity index (χ1) is 15.5. The predicted molar refractivity (Wildman–Crippen MR) is 130 cm³/mol. The number of carbonyl (C=O) groups excluding carboxylic acids is 2. The van der Waals surface area contributed by atoms with Crippen LogP contribution in [-0.2, 0) is 9.53 Å². The van der Waals surface area contributed by atoms with Crippen molar-refractivity contribution in [2.75, 3.05) is 6.61 Å². The van der Waals surface area contributed by atoms with Crippen molar-refractivity contribution in [2.24, 2.45) is 16.6 Å². The van der Waals surface area contributed by atoms with Gasteiger partial charge in [-0.15, -0.1) is 0 Å². The zero-order valence-corrected chi connectivity index (χ0v) is 19.2. The van der Waals surface area contributed by atoms with Crippen molar-refractivity contribution in [1.82, 2.24) is 0 Å². The van der Waals surface area contributed by atoms with Gasteiger partial charge in [0, 0.05) is 23.5 Å². The lowest BCUT2D eigenvalue weighted by molar-refractivity contribution is -0.119. The molecule has 0 amide bonds. The van der Waals surface area contributed by atoms with Crippen molar-refractivity contribution in [2.45, 2.75) is 52.9 Å². The van der Waals surface area contributed by atoms with Crippen molar-refractivity contribution in [3.63, 3.8) is 0 Å². The van der Waals surface area contributed by atoms with Gasteiger partial charge in [-0.2, -0.15) is 0 Å². The first-order valence-corrected chi connectivity index (χ1v) is 11.5. The van der Waals surface area contributed by atoms with Crippen LogP contribution in [0.4, 0.5) is 5.69 Å². The van der Waals surface area contributed by atoms with Gasteiger partial charge >= 0.3 is 5.97 Å². The predicted octanol–water partition coefficient (Wildman–Crippen LogP) is 6.09. The molecule has 0 spiro atoms. The topological polar surface area (TPSA) is 81.8 Å². The van der Waals surface area contributed by atoms with Gasteiger partial charge in [-0.3, -0.25) is 4.79 Å². The summed E-state index contributed by atoms with van der Waals surface area (Å²) in [6.07, 6.45) is 6.02. The van der Waals surface area contributed by atoms with Gasteiger partial charge in [-0.25, -0.2) is 9.79 Å². The fourth-order valence-corrected chi connectivity index (χ4v) is 4.20. The molecule has 0 aliphatic carbocycles. The molecule has 0 unspecified atom stereocenters. The quantitative estimate of drug-likeness (QED) is 0.486. The Morgan fingerprint density at radius 3 is 2.47 bits per heavy atom. The number of carbonyl (C=O) groups is 2. The summed E-state index contributed by atoms with van der Waals surface area (Å²) in [5.74, 6) is 0.274. The number of esters is 1. The van der Waals surface area contributed by atoms with E-state index in [-0.39, 0.29) is 17.7 Å².